The molecule has 0 spiro atoms. The number of H-pyrrole nitrogens is 2. The van der Waals surface area contributed by atoms with Crippen LogP contribution >= 0.6 is 11.8 Å². The van der Waals surface area contributed by atoms with Crippen LogP contribution < -0.4 is 11.0 Å². The van der Waals surface area contributed by atoms with Gasteiger partial charge >= 0.3 is 5.69 Å². The Bertz CT molecular complexity index is 898. The number of imidazole rings is 1. The molecule has 6 heteroatoms. The van der Waals surface area contributed by atoms with Crippen molar-refractivity contribution in [2.24, 2.45) is 0 Å². The van der Waals surface area contributed by atoms with Crippen molar-refractivity contribution < 1.29 is 4.79 Å². The fourth-order valence-corrected chi connectivity index (χ4v) is 3.15. The third-order valence-electron chi connectivity index (χ3n) is 3.38. The molecule has 0 saturated heterocycles. The zero-order chi connectivity index (χ0) is 16.2. The largest absolute Gasteiger partial charge is 0.325 e. The van der Waals surface area contributed by atoms with Gasteiger partial charge in [0.15, 0.2) is 0 Å². The number of carbonyl (C=O) groups excluding carboxylic acids is 1. The summed E-state index contributed by atoms with van der Waals surface area (Å²) in [6, 6.07) is 13.6. The Balaban J connectivity index is 1.54. The molecule has 118 valence electrons. The Morgan fingerprint density at radius 2 is 1.96 bits per heavy atom. The first kappa shape index (κ1) is 15.4. The minimum atomic E-state index is -0.253. The fourth-order valence-electron chi connectivity index (χ4n) is 2.37. The van der Waals surface area contributed by atoms with E-state index in [9.17, 15) is 9.59 Å². The third-order valence-corrected chi connectivity index (χ3v) is 4.39. The zero-order valence-electron chi connectivity index (χ0n) is 12.7. The number of aromatic amines is 2. The topological polar surface area (TPSA) is 77.8 Å². The quantitative estimate of drug-likeness (QED) is 0.674. The molecule has 0 atom stereocenters. The number of anilines is 1. The average molecular weight is 327 g/mol. The summed E-state index contributed by atoms with van der Waals surface area (Å²) >= 11 is 1.57. The second-order valence-corrected chi connectivity index (χ2v) is 6.36. The van der Waals surface area contributed by atoms with Crippen molar-refractivity contribution in [1.29, 1.82) is 0 Å². The lowest BCUT2D eigenvalue weighted by molar-refractivity contribution is -0.113. The van der Waals surface area contributed by atoms with Crippen LogP contribution in [-0.2, 0) is 10.5 Å². The van der Waals surface area contributed by atoms with Crippen LogP contribution in [0.3, 0.4) is 0 Å². The van der Waals surface area contributed by atoms with E-state index in [1.165, 1.54) is 11.1 Å². The average Bonchev–Trinajstić information content (AvgIpc) is 2.86. The van der Waals surface area contributed by atoms with Gasteiger partial charge in [0, 0.05) is 11.4 Å². The normalized spacial score (nSPS) is 10.8. The summed E-state index contributed by atoms with van der Waals surface area (Å²) in [7, 11) is 0. The van der Waals surface area contributed by atoms with Gasteiger partial charge in [0.2, 0.25) is 5.91 Å². The van der Waals surface area contributed by atoms with Crippen LogP contribution in [0.15, 0.2) is 47.3 Å². The molecule has 0 bridgehead atoms. The van der Waals surface area contributed by atoms with E-state index in [1.54, 1.807) is 30.0 Å². The predicted octanol–water partition coefficient (Wildman–Crippen LogP) is 3.04. The van der Waals surface area contributed by atoms with E-state index in [2.05, 4.69) is 40.4 Å². The second kappa shape index (κ2) is 6.75. The number of rotatable bonds is 5. The molecule has 1 amide bonds. The number of thioether (sulfide) groups is 1. The minimum absolute atomic E-state index is 0.0557. The van der Waals surface area contributed by atoms with Crippen LogP contribution in [0.1, 0.15) is 11.1 Å². The lowest BCUT2D eigenvalue weighted by atomic mass is 10.2. The van der Waals surface area contributed by atoms with Gasteiger partial charge < -0.3 is 15.3 Å². The molecule has 5 nitrogen and oxygen atoms in total. The van der Waals surface area contributed by atoms with Crippen molar-refractivity contribution in [1.82, 2.24) is 9.97 Å². The highest BCUT2D eigenvalue weighted by atomic mass is 32.2. The van der Waals surface area contributed by atoms with Gasteiger partial charge in [-0.05, 0) is 30.7 Å². The first-order valence-electron chi connectivity index (χ1n) is 7.25. The van der Waals surface area contributed by atoms with Gasteiger partial charge in [0.25, 0.3) is 0 Å². The number of aryl methyl sites for hydroxylation is 1. The number of fused-ring (bicyclic) bond motifs is 1. The summed E-state index contributed by atoms with van der Waals surface area (Å²) in [5, 5.41) is 2.85. The van der Waals surface area contributed by atoms with Gasteiger partial charge in [0.1, 0.15) is 0 Å². The molecule has 0 radical (unpaired) electrons. The van der Waals surface area contributed by atoms with Gasteiger partial charge in [-0.25, -0.2) is 4.79 Å². The second-order valence-electron chi connectivity index (χ2n) is 5.37. The van der Waals surface area contributed by atoms with Crippen molar-refractivity contribution >= 4 is 34.4 Å². The van der Waals surface area contributed by atoms with E-state index >= 15 is 0 Å². The first-order chi connectivity index (χ1) is 11.1. The molecule has 3 aromatic rings. The Morgan fingerprint density at radius 3 is 2.78 bits per heavy atom. The molecule has 0 unspecified atom stereocenters. The first-order valence-corrected chi connectivity index (χ1v) is 8.41. The molecule has 0 aliphatic heterocycles. The van der Waals surface area contributed by atoms with Crippen LogP contribution in [-0.4, -0.2) is 21.6 Å². The van der Waals surface area contributed by atoms with E-state index in [0.717, 1.165) is 11.3 Å². The molecule has 3 N–H and O–H groups in total. The maximum absolute atomic E-state index is 12.0. The van der Waals surface area contributed by atoms with Crippen LogP contribution in [0.4, 0.5) is 5.69 Å². The van der Waals surface area contributed by atoms with E-state index in [-0.39, 0.29) is 11.6 Å². The molecular formula is C17H17N3O2S. The highest BCUT2D eigenvalue weighted by Crippen LogP contribution is 2.16. The van der Waals surface area contributed by atoms with E-state index in [0.29, 0.717) is 17.0 Å². The molecule has 3 rings (SSSR count). The molecular weight excluding hydrogens is 310 g/mol. The molecule has 1 aromatic heterocycles. The van der Waals surface area contributed by atoms with Crippen LogP contribution in [0.5, 0.6) is 0 Å². The summed E-state index contributed by atoms with van der Waals surface area (Å²) in [5.41, 5.74) is 4.27. The summed E-state index contributed by atoms with van der Waals surface area (Å²) < 4.78 is 0. The Morgan fingerprint density at radius 1 is 1.13 bits per heavy atom. The van der Waals surface area contributed by atoms with Crippen molar-refractivity contribution in [3.8, 4) is 0 Å². The summed E-state index contributed by atoms with van der Waals surface area (Å²) in [6.07, 6.45) is 0. The Kier molecular flexibility index (Phi) is 4.52. The molecule has 1 heterocycles. The van der Waals surface area contributed by atoms with Crippen molar-refractivity contribution in [3.05, 3.63) is 64.1 Å². The predicted molar refractivity (Wildman–Crippen MR) is 94.9 cm³/mol. The molecule has 0 saturated carbocycles. The number of hydrogen-bond donors (Lipinski definition) is 3. The number of benzene rings is 2. The molecule has 0 fully saturated rings. The molecule has 0 aliphatic carbocycles. The van der Waals surface area contributed by atoms with Crippen molar-refractivity contribution in [2.45, 2.75) is 12.7 Å². The van der Waals surface area contributed by atoms with Crippen LogP contribution in [0, 0.1) is 6.92 Å². The highest BCUT2D eigenvalue weighted by Gasteiger charge is 2.05. The lowest BCUT2D eigenvalue weighted by Gasteiger charge is -2.06. The van der Waals surface area contributed by atoms with Gasteiger partial charge in [-0.1, -0.05) is 29.8 Å². The third kappa shape index (κ3) is 4.04. The summed E-state index contributed by atoms with van der Waals surface area (Å²) in [6.45, 7) is 2.06. The maximum atomic E-state index is 12.0. The number of nitrogens with one attached hydrogen (secondary N) is 3. The number of amides is 1. The van der Waals surface area contributed by atoms with E-state index in [4.69, 9.17) is 0 Å². The Labute approximate surface area is 137 Å². The van der Waals surface area contributed by atoms with E-state index in [1.807, 2.05) is 6.07 Å². The lowest BCUT2D eigenvalue weighted by Crippen LogP contribution is -2.14. The van der Waals surface area contributed by atoms with Gasteiger partial charge in [-0.15, -0.1) is 11.8 Å². The standard InChI is InChI=1S/C17H17N3O2S/c1-11-3-2-4-12(7-11)9-23-10-16(21)18-13-5-6-14-15(8-13)20-17(22)19-14/h2-8H,9-10H2,1H3,(H,18,21)(H2,19,20,22). The molecule has 0 aliphatic rings. The van der Waals surface area contributed by atoms with Gasteiger partial charge in [-0.2, -0.15) is 0 Å². The minimum Gasteiger partial charge on any atom is -0.325 e. The summed E-state index contributed by atoms with van der Waals surface area (Å²) in [4.78, 5) is 28.6. The molecule has 2 aromatic carbocycles. The zero-order valence-corrected chi connectivity index (χ0v) is 13.5. The van der Waals surface area contributed by atoms with Crippen molar-refractivity contribution in [2.75, 3.05) is 11.1 Å². The maximum Gasteiger partial charge on any atom is 0.323 e. The monoisotopic (exact) mass is 327 g/mol. The van der Waals surface area contributed by atoms with Crippen molar-refractivity contribution in [3.63, 3.8) is 0 Å². The number of aromatic nitrogens is 2. The van der Waals surface area contributed by atoms with Crippen LogP contribution in [0.2, 0.25) is 0 Å². The SMILES string of the molecule is Cc1cccc(CSCC(=O)Nc2ccc3[nH]c(=O)[nH]c3c2)c1. The van der Waals surface area contributed by atoms with Gasteiger partial charge in [0.05, 0.1) is 16.8 Å². The Hall–Kier alpha value is -2.47. The van der Waals surface area contributed by atoms with Crippen LogP contribution in [0.25, 0.3) is 11.0 Å². The smallest absolute Gasteiger partial charge is 0.323 e. The van der Waals surface area contributed by atoms with Gasteiger partial charge in [-0.3, -0.25) is 4.79 Å². The summed E-state index contributed by atoms with van der Waals surface area (Å²) in [5.74, 6) is 1.13. The number of hydrogen-bond acceptors (Lipinski definition) is 3. The number of carbonyl (C=O) groups is 1. The fraction of sp³-hybridized carbons (Fsp3) is 0.176. The molecule has 23 heavy (non-hydrogen) atoms. The highest BCUT2D eigenvalue weighted by molar-refractivity contribution is 7.99. The van der Waals surface area contributed by atoms with E-state index < -0.39 is 0 Å².